The summed E-state index contributed by atoms with van der Waals surface area (Å²) in [4.78, 5) is 0. The Morgan fingerprint density at radius 2 is 1.12 bits per heavy atom. The van der Waals surface area contributed by atoms with Crippen molar-refractivity contribution < 1.29 is 35.1 Å². The molecule has 0 atom stereocenters. The first-order valence-corrected chi connectivity index (χ1v) is 4.32. The van der Waals surface area contributed by atoms with E-state index >= 15 is 0 Å². The van der Waals surface area contributed by atoms with Crippen molar-refractivity contribution in [3.63, 3.8) is 0 Å². The molecule has 0 bridgehead atoms. The summed E-state index contributed by atoms with van der Waals surface area (Å²) in [6.07, 6.45) is -2.13. The van der Waals surface area contributed by atoms with Gasteiger partial charge in [-0.05, 0) is 0 Å². The zero-order chi connectivity index (χ0) is 13.4. The van der Waals surface area contributed by atoms with Gasteiger partial charge in [-0.3, -0.25) is 0 Å². The van der Waals surface area contributed by atoms with Crippen molar-refractivity contribution in [3.8, 4) is 0 Å². The van der Waals surface area contributed by atoms with Crippen LogP contribution in [-0.4, -0.2) is 23.7 Å². The molecule has 0 aromatic heterocycles. The largest absolute Gasteiger partial charge is 0.378 e. The Labute approximate surface area is 86.6 Å². The lowest BCUT2D eigenvalue weighted by Crippen LogP contribution is -2.61. The predicted molar refractivity (Wildman–Crippen MR) is 40.4 cm³/mol. The van der Waals surface area contributed by atoms with E-state index in [-0.39, 0.29) is 0 Å². The third-order valence-electron chi connectivity index (χ3n) is 1.97. The summed E-state index contributed by atoms with van der Waals surface area (Å²) in [5, 5.41) is 0. The molecule has 0 aliphatic rings. The Morgan fingerprint density at radius 1 is 0.750 bits per heavy atom. The van der Waals surface area contributed by atoms with Crippen LogP contribution in [0.15, 0.2) is 0 Å². The first-order chi connectivity index (χ1) is 6.81. The maximum Gasteiger partial charge on any atom is 0.378 e. The first-order valence-electron chi connectivity index (χ1n) is 4.32. The van der Waals surface area contributed by atoms with Crippen molar-refractivity contribution in [1.29, 1.82) is 0 Å². The van der Waals surface area contributed by atoms with Crippen molar-refractivity contribution in [2.75, 3.05) is 0 Å². The van der Waals surface area contributed by atoms with Crippen LogP contribution >= 0.6 is 0 Å². The van der Waals surface area contributed by atoms with Crippen LogP contribution in [0.2, 0.25) is 0 Å². The summed E-state index contributed by atoms with van der Waals surface area (Å²) in [6, 6.07) is 0. The first kappa shape index (κ1) is 15.4. The molecule has 0 saturated heterocycles. The van der Waals surface area contributed by atoms with Crippen LogP contribution in [0.1, 0.15) is 26.7 Å². The Balaban J connectivity index is 5.34. The molecular formula is C8H10F8. The van der Waals surface area contributed by atoms with Gasteiger partial charge < -0.3 is 0 Å². The highest BCUT2D eigenvalue weighted by molar-refractivity contribution is 5.01. The standard InChI is InChI=1S/C8H10F8/c1-3-4-6(11,12)8(15,16)7(13,14)5(2,9)10/h3-4H2,1-2H3. The third kappa shape index (κ3) is 2.24. The van der Waals surface area contributed by atoms with Crippen LogP contribution in [0.5, 0.6) is 0 Å². The van der Waals surface area contributed by atoms with E-state index in [1.54, 1.807) is 0 Å². The molecule has 0 heterocycles. The quantitative estimate of drug-likeness (QED) is 0.643. The van der Waals surface area contributed by atoms with E-state index in [9.17, 15) is 35.1 Å². The molecule has 0 N–H and O–H groups in total. The fourth-order valence-corrected chi connectivity index (χ4v) is 0.976. The number of rotatable bonds is 5. The van der Waals surface area contributed by atoms with Gasteiger partial charge in [0.15, 0.2) is 0 Å². The summed E-state index contributed by atoms with van der Waals surface area (Å²) >= 11 is 0. The van der Waals surface area contributed by atoms with Gasteiger partial charge in [-0.15, -0.1) is 0 Å². The molecular weight excluding hydrogens is 248 g/mol. The molecule has 0 spiro atoms. The van der Waals surface area contributed by atoms with Gasteiger partial charge in [0, 0.05) is 13.3 Å². The van der Waals surface area contributed by atoms with Gasteiger partial charge in [-0.2, -0.15) is 35.1 Å². The summed E-state index contributed by atoms with van der Waals surface area (Å²) < 4.78 is 100. The highest BCUT2D eigenvalue weighted by Gasteiger charge is 2.78. The van der Waals surface area contributed by atoms with E-state index in [1.165, 1.54) is 0 Å². The summed E-state index contributed by atoms with van der Waals surface area (Å²) in [5.74, 6) is -22.6. The van der Waals surface area contributed by atoms with Gasteiger partial charge in [-0.1, -0.05) is 13.3 Å². The lowest BCUT2D eigenvalue weighted by molar-refractivity contribution is -0.363. The molecule has 0 aromatic carbocycles. The van der Waals surface area contributed by atoms with Crippen molar-refractivity contribution in [2.45, 2.75) is 50.4 Å². The lowest BCUT2D eigenvalue weighted by Gasteiger charge is -2.35. The molecule has 8 heteroatoms. The maximum absolute atomic E-state index is 12.7. The van der Waals surface area contributed by atoms with Gasteiger partial charge in [0.25, 0.3) is 0 Å². The topological polar surface area (TPSA) is 0 Å². The van der Waals surface area contributed by atoms with Crippen LogP contribution < -0.4 is 0 Å². The Bertz CT molecular complexity index is 239. The molecule has 0 amide bonds. The minimum Gasteiger partial charge on any atom is -0.200 e. The molecule has 0 fully saturated rings. The molecule has 16 heavy (non-hydrogen) atoms. The van der Waals surface area contributed by atoms with E-state index < -0.39 is 43.5 Å². The van der Waals surface area contributed by atoms with E-state index in [4.69, 9.17) is 0 Å². The highest BCUT2D eigenvalue weighted by Crippen LogP contribution is 2.53. The summed E-state index contributed by atoms with van der Waals surface area (Å²) in [6.45, 7) is 0.523. The second-order valence-electron chi connectivity index (χ2n) is 3.49. The molecule has 0 aliphatic heterocycles. The van der Waals surface area contributed by atoms with Crippen molar-refractivity contribution in [2.24, 2.45) is 0 Å². The third-order valence-corrected chi connectivity index (χ3v) is 1.97. The normalized spacial score (nSPS) is 15.4. The van der Waals surface area contributed by atoms with E-state index in [0.717, 1.165) is 6.92 Å². The Kier molecular flexibility index (Phi) is 3.89. The minimum atomic E-state index is -6.10. The Morgan fingerprint density at radius 3 is 1.38 bits per heavy atom. The van der Waals surface area contributed by atoms with Crippen molar-refractivity contribution in [3.05, 3.63) is 0 Å². The van der Waals surface area contributed by atoms with Crippen LogP contribution in [0, 0.1) is 0 Å². The number of halogens is 8. The van der Waals surface area contributed by atoms with E-state index in [2.05, 4.69) is 0 Å². The van der Waals surface area contributed by atoms with Crippen LogP contribution in [0.4, 0.5) is 35.1 Å². The number of alkyl halides is 8. The zero-order valence-corrected chi connectivity index (χ0v) is 8.44. The summed E-state index contributed by atoms with van der Waals surface area (Å²) in [5.41, 5.74) is 0. The van der Waals surface area contributed by atoms with Gasteiger partial charge in [0.05, 0.1) is 0 Å². The molecule has 0 aromatic rings. The number of hydrogen-bond acceptors (Lipinski definition) is 0. The second kappa shape index (κ2) is 4.03. The molecule has 0 aliphatic carbocycles. The van der Waals surface area contributed by atoms with Crippen LogP contribution in [0.3, 0.4) is 0 Å². The van der Waals surface area contributed by atoms with Crippen LogP contribution in [-0.2, 0) is 0 Å². The molecule has 0 radical (unpaired) electrons. The fraction of sp³-hybridized carbons (Fsp3) is 1.00. The molecule has 0 rings (SSSR count). The van der Waals surface area contributed by atoms with Gasteiger partial charge >= 0.3 is 23.7 Å². The van der Waals surface area contributed by atoms with Gasteiger partial charge in [0.2, 0.25) is 0 Å². The lowest BCUT2D eigenvalue weighted by atomic mass is 9.97. The SMILES string of the molecule is CCCC(F)(F)C(F)(F)C(F)(F)C(C)(F)F. The van der Waals surface area contributed by atoms with Crippen LogP contribution in [0.25, 0.3) is 0 Å². The van der Waals surface area contributed by atoms with E-state index in [0.29, 0.717) is 0 Å². The fourth-order valence-electron chi connectivity index (χ4n) is 0.976. The average Bonchev–Trinajstić information content (AvgIpc) is 2.01. The highest BCUT2D eigenvalue weighted by atomic mass is 19.4. The maximum atomic E-state index is 12.7. The smallest absolute Gasteiger partial charge is 0.200 e. The average molecular weight is 258 g/mol. The van der Waals surface area contributed by atoms with Crippen molar-refractivity contribution >= 4 is 0 Å². The molecule has 98 valence electrons. The predicted octanol–water partition coefficient (Wildman–Crippen LogP) is 4.35. The van der Waals surface area contributed by atoms with Gasteiger partial charge in [0.1, 0.15) is 0 Å². The second-order valence-corrected chi connectivity index (χ2v) is 3.49. The number of hydrogen-bond donors (Lipinski definition) is 0. The van der Waals surface area contributed by atoms with E-state index in [1.807, 2.05) is 0 Å². The zero-order valence-electron chi connectivity index (χ0n) is 8.44. The minimum absolute atomic E-state index is 0.525. The molecule has 0 unspecified atom stereocenters. The Hall–Kier alpha value is -0.560. The van der Waals surface area contributed by atoms with Crippen molar-refractivity contribution in [1.82, 2.24) is 0 Å². The molecule has 0 nitrogen and oxygen atoms in total. The molecule has 0 saturated carbocycles. The monoisotopic (exact) mass is 258 g/mol. The summed E-state index contributed by atoms with van der Waals surface area (Å²) in [7, 11) is 0. The van der Waals surface area contributed by atoms with Gasteiger partial charge in [-0.25, -0.2) is 0 Å².